The van der Waals surface area contributed by atoms with Crippen LogP contribution in [0.15, 0.2) is 12.7 Å². The zero-order valence-corrected chi connectivity index (χ0v) is 9.27. The first-order chi connectivity index (χ1) is 1.41. The van der Waals surface area contributed by atoms with Gasteiger partial charge in [0.25, 0.3) is 0 Å². The van der Waals surface area contributed by atoms with Crippen molar-refractivity contribution < 1.29 is 68.9 Å². The van der Waals surface area contributed by atoms with Crippen molar-refractivity contribution in [3.63, 3.8) is 0 Å². The van der Waals surface area contributed by atoms with E-state index in [0.29, 0.717) is 0 Å². The molecule has 0 atom stereocenters. The van der Waals surface area contributed by atoms with Gasteiger partial charge in [-0.1, -0.05) is 0 Å². The van der Waals surface area contributed by atoms with E-state index < -0.39 is 0 Å². The molecule has 0 nitrogen and oxygen atoms in total. The summed E-state index contributed by atoms with van der Waals surface area (Å²) in [4.78, 5) is 0. The Labute approximate surface area is 86.1 Å². The molecular formula is C3H5Cs. The fourth-order valence-electron chi connectivity index (χ4n) is 0. The van der Waals surface area contributed by atoms with Gasteiger partial charge in [0.05, 0.1) is 0 Å². The molecule has 0 aliphatic rings. The van der Waals surface area contributed by atoms with Crippen LogP contribution in [0.4, 0.5) is 0 Å². The Bertz CT molecular complexity index is 10.8. The predicted molar refractivity (Wildman–Crippen MR) is 15.6 cm³/mol. The third kappa shape index (κ3) is 9.39. The summed E-state index contributed by atoms with van der Waals surface area (Å²) in [6.45, 7) is 6.50. The summed E-state index contributed by atoms with van der Waals surface area (Å²) in [7, 11) is 0. The van der Waals surface area contributed by atoms with E-state index in [1.54, 1.807) is 0 Å². The van der Waals surface area contributed by atoms with Crippen LogP contribution in [0.3, 0.4) is 0 Å². The van der Waals surface area contributed by atoms with Crippen molar-refractivity contribution in [2.75, 3.05) is 0 Å². The SMILES string of the molecule is C=C[CH2-].[Cs+]. The van der Waals surface area contributed by atoms with Crippen molar-refractivity contribution in [2.24, 2.45) is 0 Å². The summed E-state index contributed by atoms with van der Waals surface area (Å²) in [5, 5.41) is 0. The zero-order chi connectivity index (χ0) is 2.71. The molecule has 0 saturated carbocycles. The molecule has 0 aromatic carbocycles. The van der Waals surface area contributed by atoms with Gasteiger partial charge in [0.1, 0.15) is 0 Å². The largest absolute Gasteiger partial charge is 1.00 e. The molecule has 0 aromatic rings. The van der Waals surface area contributed by atoms with Crippen LogP contribution in [0.5, 0.6) is 0 Å². The number of allylic oxidation sites excluding steroid dienone is 1. The average Bonchev–Trinajstić information content (AvgIpc) is 0.918. The molecule has 4 heavy (non-hydrogen) atoms. The smallest absolute Gasteiger partial charge is 0.245 e. The number of hydrogen-bond acceptors (Lipinski definition) is 0. The first-order valence-electron chi connectivity index (χ1n) is 0.816. The van der Waals surface area contributed by atoms with Gasteiger partial charge in [-0.15, -0.1) is 0 Å². The molecule has 0 amide bonds. The van der Waals surface area contributed by atoms with E-state index in [2.05, 4.69) is 13.5 Å². The van der Waals surface area contributed by atoms with Crippen LogP contribution in [0.1, 0.15) is 0 Å². The molecule has 0 bridgehead atoms. The third-order valence-corrected chi connectivity index (χ3v) is 0. The minimum atomic E-state index is 0. The van der Waals surface area contributed by atoms with Crippen molar-refractivity contribution >= 4 is 0 Å². The summed E-state index contributed by atoms with van der Waals surface area (Å²) < 4.78 is 0. The fraction of sp³-hybridized carbons (Fsp3) is 0. The van der Waals surface area contributed by atoms with E-state index in [1.807, 2.05) is 0 Å². The zero-order valence-electron chi connectivity index (χ0n) is 2.99. The van der Waals surface area contributed by atoms with Crippen LogP contribution in [0.2, 0.25) is 0 Å². The minimum Gasteiger partial charge on any atom is -0.245 e. The molecular weight excluding hydrogens is 169 g/mol. The van der Waals surface area contributed by atoms with Gasteiger partial charge < -0.3 is 0 Å². The molecule has 0 radical (unpaired) electrons. The Hall–Kier alpha value is 1.66. The standard InChI is InChI=1S/C3H5.Cs/c1-3-2;/h3H,1-2H2;/q-1;+1. The molecule has 0 aromatic heterocycles. The van der Waals surface area contributed by atoms with Crippen LogP contribution in [-0.2, 0) is 0 Å². The molecule has 0 rings (SSSR count). The first kappa shape index (κ1) is 9.18. The Kier molecular flexibility index (Phi) is 20.2. The molecule has 0 heterocycles. The molecule has 0 fully saturated rings. The summed E-state index contributed by atoms with van der Waals surface area (Å²) in [5.74, 6) is 0. The van der Waals surface area contributed by atoms with Crippen molar-refractivity contribution in [2.45, 2.75) is 0 Å². The van der Waals surface area contributed by atoms with Crippen molar-refractivity contribution in [1.82, 2.24) is 0 Å². The van der Waals surface area contributed by atoms with E-state index in [9.17, 15) is 0 Å². The Morgan fingerprint density at radius 2 is 1.75 bits per heavy atom. The maximum Gasteiger partial charge on any atom is 1.00 e. The topological polar surface area (TPSA) is 0 Å². The maximum absolute atomic E-state index is 3.25. The summed E-state index contributed by atoms with van der Waals surface area (Å²) in [6.07, 6.45) is 1.50. The summed E-state index contributed by atoms with van der Waals surface area (Å²) in [6, 6.07) is 0. The minimum absolute atomic E-state index is 0. The quantitative estimate of drug-likeness (QED) is 0.373. The van der Waals surface area contributed by atoms with E-state index in [0.717, 1.165) is 0 Å². The van der Waals surface area contributed by atoms with Crippen LogP contribution < -0.4 is 68.9 Å². The van der Waals surface area contributed by atoms with Gasteiger partial charge in [-0.25, -0.2) is 19.6 Å². The monoisotopic (exact) mass is 174 g/mol. The van der Waals surface area contributed by atoms with Crippen molar-refractivity contribution in [1.29, 1.82) is 0 Å². The molecule has 0 saturated heterocycles. The van der Waals surface area contributed by atoms with Gasteiger partial charge >= 0.3 is 68.9 Å². The van der Waals surface area contributed by atoms with Crippen molar-refractivity contribution in [3.05, 3.63) is 19.6 Å². The second kappa shape index (κ2) is 8.82. The van der Waals surface area contributed by atoms with E-state index in [-0.39, 0.29) is 68.9 Å². The number of hydrogen-bond donors (Lipinski definition) is 0. The van der Waals surface area contributed by atoms with Gasteiger partial charge in [-0.3, -0.25) is 0 Å². The summed E-state index contributed by atoms with van der Waals surface area (Å²) >= 11 is 0. The van der Waals surface area contributed by atoms with Crippen LogP contribution in [0, 0.1) is 6.92 Å². The molecule has 0 spiro atoms. The van der Waals surface area contributed by atoms with Gasteiger partial charge in [-0.05, 0) is 0 Å². The molecule has 0 N–H and O–H groups in total. The van der Waals surface area contributed by atoms with Crippen LogP contribution >= 0.6 is 0 Å². The Morgan fingerprint density at radius 1 is 1.75 bits per heavy atom. The van der Waals surface area contributed by atoms with Crippen LogP contribution in [-0.4, -0.2) is 0 Å². The fourth-order valence-corrected chi connectivity index (χ4v) is 0. The average molecular weight is 174 g/mol. The van der Waals surface area contributed by atoms with E-state index in [1.165, 1.54) is 6.08 Å². The molecule has 18 valence electrons. The van der Waals surface area contributed by atoms with Gasteiger partial charge in [0.2, 0.25) is 0 Å². The second-order valence-electron chi connectivity index (χ2n) is 0.289. The molecule has 0 aliphatic heterocycles. The Morgan fingerprint density at radius 3 is 1.75 bits per heavy atom. The molecule has 0 aliphatic carbocycles. The maximum atomic E-state index is 3.25. The van der Waals surface area contributed by atoms with Crippen LogP contribution in [0.25, 0.3) is 0 Å². The predicted octanol–water partition coefficient (Wildman–Crippen LogP) is -1.99. The van der Waals surface area contributed by atoms with Gasteiger partial charge in [0, 0.05) is 0 Å². The van der Waals surface area contributed by atoms with E-state index >= 15 is 0 Å². The summed E-state index contributed by atoms with van der Waals surface area (Å²) in [5.41, 5.74) is 0. The Balaban J connectivity index is 0. The van der Waals surface area contributed by atoms with Gasteiger partial charge in [0.15, 0.2) is 0 Å². The first-order valence-corrected chi connectivity index (χ1v) is 0.816. The normalized spacial score (nSPS) is 3.00. The second-order valence-corrected chi connectivity index (χ2v) is 0.289. The van der Waals surface area contributed by atoms with Crippen molar-refractivity contribution in [3.8, 4) is 0 Å². The third-order valence-electron chi connectivity index (χ3n) is 0. The van der Waals surface area contributed by atoms with Gasteiger partial charge in [-0.2, -0.15) is 0 Å². The number of rotatable bonds is 0. The van der Waals surface area contributed by atoms with E-state index in [4.69, 9.17) is 0 Å². The molecule has 1 heteroatoms. The molecule has 0 unspecified atom stereocenters.